The van der Waals surface area contributed by atoms with Crippen molar-refractivity contribution in [2.75, 3.05) is 23.3 Å². The maximum absolute atomic E-state index is 12.9. The predicted octanol–water partition coefficient (Wildman–Crippen LogP) is 3.16. The van der Waals surface area contributed by atoms with E-state index in [1.165, 1.54) is 0 Å². The lowest BCUT2D eigenvalue weighted by Gasteiger charge is -2.46. The standard InChI is InChI=1S/C24H31N7O2/c1-6-31-14-18(11-25-31)19-8-7-9-20(28-19)23(32)29-21-10-22(27-17(4)26-21)30-12-15(2)24(5,33)16(3)13-30/h7-11,14-16,33H,6,12-13H2,1-5H3,(H,26,27,29,32)/t15-,16+,24?. The molecule has 4 heterocycles. The second-order valence-corrected chi connectivity index (χ2v) is 9.04. The van der Waals surface area contributed by atoms with E-state index in [0.29, 0.717) is 36.1 Å². The summed E-state index contributed by atoms with van der Waals surface area (Å²) < 4.78 is 1.82. The van der Waals surface area contributed by atoms with E-state index in [-0.39, 0.29) is 17.7 Å². The molecule has 3 atom stereocenters. The molecule has 3 aromatic heterocycles. The van der Waals surface area contributed by atoms with Gasteiger partial charge in [0.25, 0.3) is 5.91 Å². The molecule has 0 spiro atoms. The summed E-state index contributed by atoms with van der Waals surface area (Å²) in [5.41, 5.74) is 1.12. The molecule has 0 saturated carbocycles. The number of piperidine rings is 1. The van der Waals surface area contributed by atoms with E-state index in [1.54, 1.807) is 31.3 Å². The average Bonchev–Trinajstić information content (AvgIpc) is 3.26. The number of nitrogens with one attached hydrogen (secondary N) is 1. The molecule has 9 nitrogen and oxygen atoms in total. The fourth-order valence-electron chi connectivity index (χ4n) is 4.13. The van der Waals surface area contributed by atoms with Gasteiger partial charge in [-0.3, -0.25) is 9.48 Å². The highest BCUT2D eigenvalue weighted by molar-refractivity contribution is 6.02. The highest BCUT2D eigenvalue weighted by atomic mass is 16.3. The summed E-state index contributed by atoms with van der Waals surface area (Å²) in [6.45, 7) is 11.9. The van der Waals surface area contributed by atoms with E-state index in [9.17, 15) is 9.90 Å². The Morgan fingerprint density at radius 2 is 1.94 bits per heavy atom. The number of anilines is 2. The van der Waals surface area contributed by atoms with E-state index in [0.717, 1.165) is 17.9 Å². The molecule has 174 valence electrons. The van der Waals surface area contributed by atoms with Crippen LogP contribution in [0.1, 0.15) is 44.0 Å². The number of carbonyl (C=O) groups excluding carboxylic acids is 1. The first kappa shape index (κ1) is 22.8. The van der Waals surface area contributed by atoms with Gasteiger partial charge in [0.05, 0.1) is 17.5 Å². The van der Waals surface area contributed by atoms with Gasteiger partial charge >= 0.3 is 0 Å². The Balaban J connectivity index is 1.53. The predicted molar refractivity (Wildman–Crippen MR) is 127 cm³/mol. The summed E-state index contributed by atoms with van der Waals surface area (Å²) in [4.78, 5) is 28.6. The van der Waals surface area contributed by atoms with Crippen LogP contribution in [0, 0.1) is 18.8 Å². The smallest absolute Gasteiger partial charge is 0.275 e. The summed E-state index contributed by atoms with van der Waals surface area (Å²) in [6.07, 6.45) is 3.65. The highest BCUT2D eigenvalue weighted by Crippen LogP contribution is 2.34. The quantitative estimate of drug-likeness (QED) is 0.616. The van der Waals surface area contributed by atoms with Crippen molar-refractivity contribution in [3.63, 3.8) is 0 Å². The summed E-state index contributed by atoms with van der Waals surface area (Å²) in [5, 5.41) is 17.9. The Kier molecular flexibility index (Phi) is 6.16. The molecule has 0 radical (unpaired) electrons. The zero-order chi connectivity index (χ0) is 23.8. The Bertz CT molecular complexity index is 1140. The van der Waals surface area contributed by atoms with E-state index < -0.39 is 5.60 Å². The van der Waals surface area contributed by atoms with E-state index in [1.807, 2.05) is 44.6 Å². The normalized spacial score (nSPS) is 22.9. The van der Waals surface area contributed by atoms with Gasteiger partial charge in [-0.1, -0.05) is 19.9 Å². The number of pyridine rings is 1. The van der Waals surface area contributed by atoms with Crippen LogP contribution in [0.25, 0.3) is 11.3 Å². The Morgan fingerprint density at radius 3 is 2.61 bits per heavy atom. The van der Waals surface area contributed by atoms with Crippen LogP contribution in [-0.4, -0.2) is 54.4 Å². The van der Waals surface area contributed by atoms with Crippen molar-refractivity contribution >= 4 is 17.5 Å². The lowest BCUT2D eigenvalue weighted by atomic mass is 9.76. The third-order valence-electron chi connectivity index (χ3n) is 6.61. The molecule has 1 aliphatic rings. The molecule has 0 aromatic carbocycles. The molecule has 9 heteroatoms. The number of nitrogens with zero attached hydrogens (tertiary/aromatic N) is 6. The lowest BCUT2D eigenvalue weighted by molar-refractivity contribution is -0.0504. The van der Waals surface area contributed by atoms with Crippen LogP contribution in [0.3, 0.4) is 0 Å². The Morgan fingerprint density at radius 1 is 1.21 bits per heavy atom. The first-order valence-corrected chi connectivity index (χ1v) is 11.3. The number of aliphatic hydroxyl groups is 1. The third-order valence-corrected chi connectivity index (χ3v) is 6.61. The number of aryl methyl sites for hydroxylation is 2. The van der Waals surface area contributed by atoms with Crippen LogP contribution in [0.2, 0.25) is 0 Å². The van der Waals surface area contributed by atoms with E-state index >= 15 is 0 Å². The van der Waals surface area contributed by atoms with Crippen molar-refractivity contribution in [1.29, 1.82) is 0 Å². The monoisotopic (exact) mass is 449 g/mol. The third kappa shape index (κ3) is 4.73. The van der Waals surface area contributed by atoms with E-state index in [4.69, 9.17) is 0 Å². The Hall–Kier alpha value is -3.33. The van der Waals surface area contributed by atoms with Gasteiger partial charge in [-0.05, 0) is 32.9 Å². The van der Waals surface area contributed by atoms with Gasteiger partial charge in [-0.25, -0.2) is 15.0 Å². The molecule has 3 aromatic rings. The molecule has 4 rings (SSSR count). The van der Waals surface area contributed by atoms with Crippen LogP contribution in [0.5, 0.6) is 0 Å². The molecule has 2 N–H and O–H groups in total. The zero-order valence-corrected chi connectivity index (χ0v) is 19.8. The molecule has 1 fully saturated rings. The molecule has 1 unspecified atom stereocenters. The molecule has 0 bridgehead atoms. The minimum absolute atomic E-state index is 0.0820. The molecule has 1 amide bonds. The Labute approximate surface area is 193 Å². The summed E-state index contributed by atoms with van der Waals surface area (Å²) in [6, 6.07) is 7.11. The highest BCUT2D eigenvalue weighted by Gasteiger charge is 2.40. The van der Waals surface area contributed by atoms with Crippen molar-refractivity contribution in [1.82, 2.24) is 24.7 Å². The van der Waals surface area contributed by atoms with Crippen LogP contribution < -0.4 is 10.2 Å². The summed E-state index contributed by atoms with van der Waals surface area (Å²) in [7, 11) is 0. The van der Waals surface area contributed by atoms with Crippen molar-refractivity contribution in [2.45, 2.75) is 46.8 Å². The minimum atomic E-state index is -0.722. The topological polar surface area (TPSA) is 109 Å². The number of rotatable bonds is 5. The van der Waals surface area contributed by atoms with Crippen molar-refractivity contribution in [3.8, 4) is 11.3 Å². The van der Waals surface area contributed by atoms with Crippen molar-refractivity contribution in [3.05, 3.63) is 48.2 Å². The largest absolute Gasteiger partial charge is 0.389 e. The fourth-order valence-corrected chi connectivity index (χ4v) is 4.13. The fraction of sp³-hybridized carbons (Fsp3) is 0.458. The van der Waals surface area contributed by atoms with Crippen molar-refractivity contribution < 1.29 is 9.90 Å². The molecule has 1 saturated heterocycles. The molecule has 33 heavy (non-hydrogen) atoms. The molecule has 0 aliphatic carbocycles. The summed E-state index contributed by atoms with van der Waals surface area (Å²) >= 11 is 0. The molecule has 1 aliphatic heterocycles. The number of aromatic nitrogens is 5. The van der Waals surface area contributed by atoms with Crippen LogP contribution in [-0.2, 0) is 6.54 Å². The second-order valence-electron chi connectivity index (χ2n) is 9.04. The van der Waals surface area contributed by atoms with Gasteiger partial charge < -0.3 is 15.3 Å². The van der Waals surface area contributed by atoms with Crippen LogP contribution in [0.4, 0.5) is 11.6 Å². The number of hydrogen-bond donors (Lipinski definition) is 2. The average molecular weight is 450 g/mol. The zero-order valence-electron chi connectivity index (χ0n) is 19.8. The van der Waals surface area contributed by atoms with Crippen LogP contribution >= 0.6 is 0 Å². The molecular weight excluding hydrogens is 418 g/mol. The van der Waals surface area contributed by atoms with Gasteiger partial charge in [-0.15, -0.1) is 0 Å². The number of hydrogen-bond acceptors (Lipinski definition) is 7. The molecular formula is C24H31N7O2. The maximum Gasteiger partial charge on any atom is 0.275 e. The van der Waals surface area contributed by atoms with Crippen LogP contribution in [0.15, 0.2) is 36.7 Å². The van der Waals surface area contributed by atoms with Gasteiger partial charge in [0, 0.05) is 49.3 Å². The lowest BCUT2D eigenvalue weighted by Crippen LogP contribution is -2.55. The van der Waals surface area contributed by atoms with E-state index in [2.05, 4.69) is 30.3 Å². The number of carbonyl (C=O) groups is 1. The number of amides is 1. The summed E-state index contributed by atoms with van der Waals surface area (Å²) in [5.74, 6) is 1.55. The second kappa shape index (κ2) is 8.90. The van der Waals surface area contributed by atoms with Gasteiger partial charge in [-0.2, -0.15) is 5.10 Å². The minimum Gasteiger partial charge on any atom is -0.389 e. The maximum atomic E-state index is 12.9. The first-order valence-electron chi connectivity index (χ1n) is 11.3. The van der Waals surface area contributed by atoms with Gasteiger partial charge in [0.2, 0.25) is 0 Å². The van der Waals surface area contributed by atoms with Crippen molar-refractivity contribution in [2.24, 2.45) is 11.8 Å². The van der Waals surface area contributed by atoms with Gasteiger partial charge in [0.1, 0.15) is 23.2 Å². The van der Waals surface area contributed by atoms with Gasteiger partial charge in [0.15, 0.2) is 0 Å². The first-order chi connectivity index (χ1) is 15.7. The SMILES string of the molecule is CCn1cc(-c2cccc(C(=O)Nc3cc(N4C[C@@H](C)C(C)(O)[C@@H](C)C4)nc(C)n3)n2)cn1.